The number of primary amides is 1. The summed E-state index contributed by atoms with van der Waals surface area (Å²) in [5.41, 5.74) is 6.70. The summed E-state index contributed by atoms with van der Waals surface area (Å²) in [5.74, 6) is 0.554. The molecule has 1 fully saturated rings. The molecular weight excluding hydrogens is 254 g/mol. The molecule has 0 spiro atoms. The molecule has 1 saturated heterocycles. The predicted octanol–water partition coefficient (Wildman–Crippen LogP) is 0.544. The zero-order valence-electron chi connectivity index (χ0n) is 12.2. The lowest BCUT2D eigenvalue weighted by atomic mass is 10.1. The molecule has 0 bridgehead atoms. The van der Waals surface area contributed by atoms with Crippen LogP contribution in [0.3, 0.4) is 0 Å². The van der Waals surface area contributed by atoms with E-state index in [9.17, 15) is 4.79 Å². The van der Waals surface area contributed by atoms with Crippen molar-refractivity contribution >= 4 is 5.91 Å². The first-order valence-electron chi connectivity index (χ1n) is 6.91. The molecule has 2 N–H and O–H groups in total. The van der Waals surface area contributed by atoms with E-state index in [0.29, 0.717) is 0 Å². The minimum Gasteiger partial charge on any atom is -0.497 e. The summed E-state index contributed by atoms with van der Waals surface area (Å²) in [6.07, 6.45) is 0. The Morgan fingerprint density at radius 2 is 2.00 bits per heavy atom. The lowest BCUT2D eigenvalue weighted by molar-refractivity contribution is -0.122. The molecule has 20 heavy (non-hydrogen) atoms. The second-order valence-electron chi connectivity index (χ2n) is 5.44. The van der Waals surface area contributed by atoms with E-state index in [2.05, 4.69) is 21.9 Å². The molecule has 1 aromatic carbocycles. The minimum atomic E-state index is -0.210. The molecule has 0 aromatic heterocycles. The van der Waals surface area contributed by atoms with Gasteiger partial charge in [-0.25, -0.2) is 0 Å². The first kappa shape index (κ1) is 14.8. The molecule has 1 aliphatic heterocycles. The predicted molar refractivity (Wildman–Crippen MR) is 78.5 cm³/mol. The van der Waals surface area contributed by atoms with Gasteiger partial charge in [-0.1, -0.05) is 12.1 Å². The Labute approximate surface area is 120 Å². The highest BCUT2D eigenvalue weighted by atomic mass is 16.5. The van der Waals surface area contributed by atoms with Crippen LogP contribution in [-0.4, -0.2) is 56.0 Å². The Hall–Kier alpha value is -1.59. The van der Waals surface area contributed by atoms with E-state index in [4.69, 9.17) is 10.5 Å². The molecule has 1 unspecified atom stereocenters. The number of ether oxygens (including phenoxy) is 1. The van der Waals surface area contributed by atoms with Crippen LogP contribution >= 0.6 is 0 Å². The Kier molecular flexibility index (Phi) is 4.98. The molecule has 1 heterocycles. The highest BCUT2D eigenvalue weighted by Crippen LogP contribution is 2.15. The van der Waals surface area contributed by atoms with Crippen LogP contribution < -0.4 is 10.5 Å². The van der Waals surface area contributed by atoms with Crippen molar-refractivity contribution in [2.45, 2.75) is 6.54 Å². The van der Waals surface area contributed by atoms with Gasteiger partial charge in [0, 0.05) is 32.7 Å². The van der Waals surface area contributed by atoms with Crippen LogP contribution in [-0.2, 0) is 11.3 Å². The fraction of sp³-hybridized carbons (Fsp3) is 0.533. The van der Waals surface area contributed by atoms with Gasteiger partial charge in [-0.05, 0) is 24.7 Å². The topological polar surface area (TPSA) is 58.8 Å². The number of benzene rings is 1. The molecule has 2 rings (SSSR count). The van der Waals surface area contributed by atoms with Gasteiger partial charge in [0.2, 0.25) is 5.91 Å². The number of nitrogens with two attached hydrogens (primary N) is 1. The van der Waals surface area contributed by atoms with Crippen molar-refractivity contribution in [3.8, 4) is 5.75 Å². The quantitative estimate of drug-likeness (QED) is 0.873. The third-order valence-corrected chi connectivity index (χ3v) is 3.78. The molecule has 1 aromatic rings. The van der Waals surface area contributed by atoms with E-state index in [1.807, 2.05) is 19.2 Å². The van der Waals surface area contributed by atoms with Gasteiger partial charge >= 0.3 is 0 Å². The van der Waals surface area contributed by atoms with Crippen LogP contribution in [0.15, 0.2) is 24.3 Å². The van der Waals surface area contributed by atoms with Gasteiger partial charge in [0.25, 0.3) is 0 Å². The normalized spacial score (nSPS) is 21.4. The Morgan fingerprint density at radius 3 is 2.60 bits per heavy atom. The van der Waals surface area contributed by atoms with Crippen LogP contribution in [0.2, 0.25) is 0 Å². The average Bonchev–Trinajstić information content (AvgIpc) is 2.62. The number of nitrogens with zero attached hydrogens (tertiary/aromatic N) is 2. The highest BCUT2D eigenvalue weighted by molar-refractivity contribution is 5.77. The number of carbonyl (C=O) groups excluding carboxylic acids is 1. The van der Waals surface area contributed by atoms with E-state index in [1.54, 1.807) is 7.11 Å². The van der Waals surface area contributed by atoms with E-state index in [0.717, 1.165) is 38.5 Å². The van der Waals surface area contributed by atoms with Crippen molar-refractivity contribution in [1.82, 2.24) is 9.80 Å². The van der Waals surface area contributed by atoms with Gasteiger partial charge < -0.3 is 15.4 Å². The maximum atomic E-state index is 11.5. The van der Waals surface area contributed by atoms with Crippen molar-refractivity contribution in [3.63, 3.8) is 0 Å². The summed E-state index contributed by atoms with van der Waals surface area (Å²) in [6.45, 7) is 4.22. The highest BCUT2D eigenvalue weighted by Gasteiger charge is 2.24. The van der Waals surface area contributed by atoms with Gasteiger partial charge in [0.05, 0.1) is 13.0 Å². The summed E-state index contributed by atoms with van der Waals surface area (Å²) in [4.78, 5) is 15.9. The maximum Gasteiger partial charge on any atom is 0.223 e. The first-order valence-corrected chi connectivity index (χ1v) is 6.91. The monoisotopic (exact) mass is 277 g/mol. The van der Waals surface area contributed by atoms with Gasteiger partial charge in [0.15, 0.2) is 0 Å². The van der Waals surface area contributed by atoms with Crippen LogP contribution in [0.1, 0.15) is 5.56 Å². The third-order valence-electron chi connectivity index (χ3n) is 3.78. The van der Waals surface area contributed by atoms with E-state index in [1.165, 1.54) is 5.56 Å². The number of amides is 1. The molecule has 5 heteroatoms. The number of likely N-dealkylation sites (N-methyl/N-ethyl adjacent to an activating group) is 1. The molecule has 1 amide bonds. The van der Waals surface area contributed by atoms with E-state index < -0.39 is 0 Å². The zero-order chi connectivity index (χ0) is 14.5. The van der Waals surface area contributed by atoms with Gasteiger partial charge in [-0.3, -0.25) is 9.69 Å². The Morgan fingerprint density at radius 1 is 1.30 bits per heavy atom. The number of methoxy groups -OCH3 is 1. The Bertz CT molecular complexity index is 447. The lowest BCUT2D eigenvalue weighted by Crippen LogP contribution is -2.37. The summed E-state index contributed by atoms with van der Waals surface area (Å²) >= 11 is 0. The van der Waals surface area contributed by atoms with Gasteiger partial charge in [-0.2, -0.15) is 0 Å². The lowest BCUT2D eigenvalue weighted by Gasteiger charge is -2.22. The summed E-state index contributed by atoms with van der Waals surface area (Å²) in [7, 11) is 3.70. The fourth-order valence-corrected chi connectivity index (χ4v) is 2.55. The molecule has 0 radical (unpaired) electrons. The molecule has 0 aliphatic carbocycles. The molecule has 110 valence electrons. The molecule has 1 aliphatic rings. The van der Waals surface area contributed by atoms with Crippen LogP contribution in [0.4, 0.5) is 0 Å². The van der Waals surface area contributed by atoms with Crippen molar-refractivity contribution in [3.05, 3.63) is 29.8 Å². The Balaban J connectivity index is 2.01. The number of hydrogen-bond donors (Lipinski definition) is 1. The second-order valence-corrected chi connectivity index (χ2v) is 5.44. The van der Waals surface area contributed by atoms with Gasteiger partial charge in [-0.15, -0.1) is 0 Å². The number of hydrogen-bond acceptors (Lipinski definition) is 4. The van der Waals surface area contributed by atoms with Crippen molar-refractivity contribution < 1.29 is 9.53 Å². The summed E-state index contributed by atoms with van der Waals surface area (Å²) in [5, 5.41) is 0. The second kappa shape index (κ2) is 6.72. The first-order chi connectivity index (χ1) is 9.58. The van der Waals surface area contributed by atoms with Crippen LogP contribution in [0.25, 0.3) is 0 Å². The largest absolute Gasteiger partial charge is 0.497 e. The third kappa shape index (κ3) is 3.95. The average molecular weight is 277 g/mol. The molecule has 0 saturated carbocycles. The SMILES string of the molecule is COc1ccc(CN2CCN(C)CC(C(N)=O)C2)cc1. The van der Waals surface area contributed by atoms with Crippen molar-refractivity contribution in [1.29, 1.82) is 0 Å². The summed E-state index contributed by atoms with van der Waals surface area (Å²) in [6, 6.07) is 8.05. The van der Waals surface area contributed by atoms with Crippen molar-refractivity contribution in [2.24, 2.45) is 11.7 Å². The number of rotatable bonds is 4. The summed E-state index contributed by atoms with van der Waals surface area (Å²) < 4.78 is 5.16. The van der Waals surface area contributed by atoms with Crippen LogP contribution in [0.5, 0.6) is 5.75 Å². The molecule has 1 atom stereocenters. The van der Waals surface area contributed by atoms with Crippen LogP contribution in [0, 0.1) is 5.92 Å². The smallest absolute Gasteiger partial charge is 0.223 e. The van der Waals surface area contributed by atoms with Gasteiger partial charge in [0.1, 0.15) is 5.75 Å². The molecular formula is C15H23N3O2. The maximum absolute atomic E-state index is 11.5. The van der Waals surface area contributed by atoms with Crippen molar-refractivity contribution in [2.75, 3.05) is 40.3 Å². The standard InChI is InChI=1S/C15H23N3O2/c1-17-7-8-18(11-13(10-17)15(16)19)9-12-3-5-14(20-2)6-4-12/h3-6,13H,7-11H2,1-2H3,(H2,16,19). The zero-order valence-corrected chi connectivity index (χ0v) is 12.2. The van der Waals surface area contributed by atoms with E-state index in [-0.39, 0.29) is 11.8 Å². The van der Waals surface area contributed by atoms with E-state index >= 15 is 0 Å². The molecule has 5 nitrogen and oxygen atoms in total. The fourth-order valence-electron chi connectivity index (χ4n) is 2.55. The minimum absolute atomic E-state index is 0.0965. The number of carbonyl (C=O) groups is 1.